The van der Waals surface area contributed by atoms with Gasteiger partial charge in [0.25, 0.3) is 0 Å². The lowest BCUT2D eigenvalue weighted by Crippen LogP contribution is -2.03. The summed E-state index contributed by atoms with van der Waals surface area (Å²) in [6.45, 7) is 5.15. The third kappa shape index (κ3) is 2.40. The second-order valence-electron chi connectivity index (χ2n) is 4.48. The average Bonchev–Trinajstić information content (AvgIpc) is 2.74. The van der Waals surface area contributed by atoms with Crippen LogP contribution in [-0.2, 0) is 13.0 Å². The second kappa shape index (κ2) is 5.71. The Morgan fingerprint density at radius 1 is 1.17 bits per heavy atom. The van der Waals surface area contributed by atoms with E-state index in [1.165, 1.54) is 6.42 Å². The van der Waals surface area contributed by atoms with E-state index in [4.69, 9.17) is 10.7 Å². The number of aryl methyl sites for hydroxylation is 1. The van der Waals surface area contributed by atoms with Gasteiger partial charge >= 0.3 is 0 Å². The van der Waals surface area contributed by atoms with Crippen molar-refractivity contribution >= 4 is 5.82 Å². The Kier molecular flexibility index (Phi) is 4.03. The zero-order chi connectivity index (χ0) is 13.0. The molecule has 3 heteroatoms. The van der Waals surface area contributed by atoms with E-state index in [0.29, 0.717) is 0 Å². The predicted octanol–water partition coefficient (Wildman–Crippen LogP) is 3.49. The van der Waals surface area contributed by atoms with Gasteiger partial charge in [-0.3, -0.25) is 0 Å². The molecule has 1 aromatic heterocycles. The Hall–Kier alpha value is -1.77. The number of nitrogens with zero attached hydrogens (tertiary/aromatic N) is 2. The molecule has 0 spiro atoms. The maximum atomic E-state index is 6.19. The van der Waals surface area contributed by atoms with Crippen LogP contribution in [0.4, 0.5) is 5.82 Å². The van der Waals surface area contributed by atoms with Gasteiger partial charge in [0.15, 0.2) is 0 Å². The van der Waals surface area contributed by atoms with Crippen molar-refractivity contribution in [3.05, 3.63) is 36.0 Å². The first-order chi connectivity index (χ1) is 8.77. The lowest BCUT2D eigenvalue weighted by atomic mass is 10.2. The smallest absolute Gasteiger partial charge is 0.141 e. The normalized spacial score (nSPS) is 10.8. The Labute approximate surface area is 109 Å². The molecule has 1 heterocycles. The number of anilines is 1. The molecule has 2 N–H and O–H groups in total. The van der Waals surface area contributed by atoms with Crippen LogP contribution in [-0.4, -0.2) is 9.55 Å². The van der Waals surface area contributed by atoms with Gasteiger partial charge in [-0.25, -0.2) is 4.98 Å². The van der Waals surface area contributed by atoms with E-state index in [2.05, 4.69) is 30.5 Å². The van der Waals surface area contributed by atoms with Gasteiger partial charge in [-0.05, 0) is 19.8 Å². The van der Waals surface area contributed by atoms with E-state index < -0.39 is 0 Å². The zero-order valence-electron chi connectivity index (χ0n) is 11.2. The summed E-state index contributed by atoms with van der Waals surface area (Å²) in [5.74, 6) is 1.81. The molecule has 2 rings (SSSR count). The van der Waals surface area contributed by atoms with Gasteiger partial charge in [0, 0.05) is 12.1 Å². The lowest BCUT2D eigenvalue weighted by Gasteiger charge is -2.06. The van der Waals surface area contributed by atoms with Crippen molar-refractivity contribution in [1.29, 1.82) is 0 Å². The Bertz CT molecular complexity index is 500. The van der Waals surface area contributed by atoms with Crippen LogP contribution in [0.1, 0.15) is 32.4 Å². The molecule has 0 aliphatic heterocycles. The quantitative estimate of drug-likeness (QED) is 0.873. The van der Waals surface area contributed by atoms with Crippen LogP contribution in [0.15, 0.2) is 30.3 Å². The summed E-state index contributed by atoms with van der Waals surface area (Å²) < 4.78 is 2.10. The molecule has 0 bridgehead atoms. The van der Waals surface area contributed by atoms with Gasteiger partial charge in [-0.2, -0.15) is 0 Å². The van der Waals surface area contributed by atoms with Crippen LogP contribution in [0.5, 0.6) is 0 Å². The fraction of sp³-hybridized carbons (Fsp3) is 0.400. The number of aromatic nitrogens is 2. The summed E-state index contributed by atoms with van der Waals surface area (Å²) in [5, 5.41) is 0. The van der Waals surface area contributed by atoms with Crippen LogP contribution in [0.2, 0.25) is 0 Å². The van der Waals surface area contributed by atoms with Crippen molar-refractivity contribution in [3.63, 3.8) is 0 Å². The Morgan fingerprint density at radius 2 is 1.89 bits per heavy atom. The highest BCUT2D eigenvalue weighted by atomic mass is 15.1. The lowest BCUT2D eigenvalue weighted by molar-refractivity contribution is 0.770. The van der Waals surface area contributed by atoms with E-state index in [1.807, 2.05) is 18.2 Å². The van der Waals surface area contributed by atoms with Gasteiger partial charge in [0.1, 0.15) is 11.6 Å². The summed E-state index contributed by atoms with van der Waals surface area (Å²) in [7, 11) is 0. The molecule has 0 saturated heterocycles. The highest BCUT2D eigenvalue weighted by Gasteiger charge is 2.14. The maximum Gasteiger partial charge on any atom is 0.141 e. The summed E-state index contributed by atoms with van der Waals surface area (Å²) in [6, 6.07) is 10.2. The first kappa shape index (κ1) is 12.7. The maximum absolute atomic E-state index is 6.19. The van der Waals surface area contributed by atoms with Crippen molar-refractivity contribution in [1.82, 2.24) is 9.55 Å². The average molecular weight is 243 g/mol. The SMILES string of the molecule is CCCCc1nc(-c2ccccc2)n(CC)c1N. The van der Waals surface area contributed by atoms with Crippen molar-refractivity contribution < 1.29 is 0 Å². The Balaban J connectivity index is 2.41. The molecule has 0 radical (unpaired) electrons. The highest BCUT2D eigenvalue weighted by Crippen LogP contribution is 2.25. The van der Waals surface area contributed by atoms with Crippen molar-refractivity contribution in [2.24, 2.45) is 0 Å². The molecule has 0 atom stereocenters. The number of nitrogens with two attached hydrogens (primary N) is 1. The number of benzene rings is 1. The molecule has 3 nitrogen and oxygen atoms in total. The molecule has 0 aliphatic carbocycles. The fourth-order valence-corrected chi connectivity index (χ4v) is 2.17. The highest BCUT2D eigenvalue weighted by molar-refractivity contribution is 5.60. The van der Waals surface area contributed by atoms with Gasteiger partial charge in [0.05, 0.1) is 5.69 Å². The second-order valence-corrected chi connectivity index (χ2v) is 4.48. The van der Waals surface area contributed by atoms with Crippen molar-refractivity contribution in [2.45, 2.75) is 39.7 Å². The number of unbranched alkanes of at least 4 members (excludes halogenated alkanes) is 1. The summed E-state index contributed by atoms with van der Waals surface area (Å²) in [6.07, 6.45) is 3.27. The molecule has 0 amide bonds. The predicted molar refractivity (Wildman–Crippen MR) is 76.4 cm³/mol. The van der Waals surface area contributed by atoms with Crippen LogP contribution >= 0.6 is 0 Å². The molecule has 18 heavy (non-hydrogen) atoms. The van der Waals surface area contributed by atoms with Gasteiger partial charge in [0.2, 0.25) is 0 Å². The molecule has 0 unspecified atom stereocenters. The monoisotopic (exact) mass is 243 g/mol. The van der Waals surface area contributed by atoms with Crippen LogP contribution < -0.4 is 5.73 Å². The molecule has 0 saturated carbocycles. The van der Waals surface area contributed by atoms with E-state index in [1.54, 1.807) is 0 Å². The van der Waals surface area contributed by atoms with Crippen LogP contribution in [0, 0.1) is 0 Å². The first-order valence-electron chi connectivity index (χ1n) is 6.68. The van der Waals surface area contributed by atoms with E-state index in [-0.39, 0.29) is 0 Å². The summed E-state index contributed by atoms with van der Waals surface area (Å²) in [5.41, 5.74) is 8.37. The standard InChI is InChI=1S/C15H21N3/c1-3-5-11-13-14(16)18(4-2)15(17-13)12-9-7-6-8-10-12/h6-10H,3-5,11,16H2,1-2H3. The van der Waals surface area contributed by atoms with Gasteiger partial charge in [-0.1, -0.05) is 43.7 Å². The molecule has 96 valence electrons. The zero-order valence-corrected chi connectivity index (χ0v) is 11.2. The number of hydrogen-bond acceptors (Lipinski definition) is 2. The third-order valence-corrected chi connectivity index (χ3v) is 3.20. The third-order valence-electron chi connectivity index (χ3n) is 3.20. The minimum Gasteiger partial charge on any atom is -0.384 e. The fourth-order valence-electron chi connectivity index (χ4n) is 2.17. The number of hydrogen-bond donors (Lipinski definition) is 1. The summed E-state index contributed by atoms with van der Waals surface area (Å²) >= 11 is 0. The van der Waals surface area contributed by atoms with Gasteiger partial charge in [-0.15, -0.1) is 0 Å². The number of imidazole rings is 1. The van der Waals surface area contributed by atoms with E-state index >= 15 is 0 Å². The molecule has 0 fully saturated rings. The largest absolute Gasteiger partial charge is 0.384 e. The molecule has 1 aromatic carbocycles. The minimum atomic E-state index is 0.824. The Morgan fingerprint density at radius 3 is 2.50 bits per heavy atom. The van der Waals surface area contributed by atoms with Crippen LogP contribution in [0.3, 0.4) is 0 Å². The van der Waals surface area contributed by atoms with Crippen molar-refractivity contribution in [2.75, 3.05) is 5.73 Å². The summed E-state index contributed by atoms with van der Waals surface area (Å²) in [4.78, 5) is 4.73. The first-order valence-corrected chi connectivity index (χ1v) is 6.68. The molecule has 0 aliphatic rings. The van der Waals surface area contributed by atoms with Gasteiger partial charge < -0.3 is 10.3 Å². The molecule has 2 aromatic rings. The molecular formula is C15H21N3. The molecular weight excluding hydrogens is 222 g/mol. The number of rotatable bonds is 5. The van der Waals surface area contributed by atoms with E-state index in [0.717, 1.165) is 42.3 Å². The topological polar surface area (TPSA) is 43.8 Å². The van der Waals surface area contributed by atoms with E-state index in [9.17, 15) is 0 Å². The van der Waals surface area contributed by atoms with Crippen LogP contribution in [0.25, 0.3) is 11.4 Å². The van der Waals surface area contributed by atoms with Crippen molar-refractivity contribution in [3.8, 4) is 11.4 Å². The number of nitrogen functional groups attached to an aromatic ring is 1. The minimum absolute atomic E-state index is 0.824.